The smallest absolute Gasteiger partial charge is 0.414 e. The molecule has 2 aromatic carbocycles. The zero-order chi connectivity index (χ0) is 19.1. The molecule has 0 spiro atoms. The molecule has 1 heterocycles. The van der Waals surface area contributed by atoms with E-state index >= 15 is 0 Å². The fourth-order valence-electron chi connectivity index (χ4n) is 3.04. The Kier molecular flexibility index (Phi) is 6.26. The van der Waals surface area contributed by atoms with E-state index in [9.17, 15) is 9.59 Å². The molecule has 0 radical (unpaired) electrons. The molecule has 2 aromatic rings. The van der Waals surface area contributed by atoms with E-state index in [1.165, 1.54) is 5.56 Å². The normalized spacial score (nSPS) is 14.2. The summed E-state index contributed by atoms with van der Waals surface area (Å²) in [4.78, 5) is 25.8. The Labute approximate surface area is 159 Å². The monoisotopic (exact) mass is 365 g/mol. The molecular weight excluding hydrogens is 342 g/mol. The molecule has 5 heteroatoms. The van der Waals surface area contributed by atoms with Crippen LogP contribution in [0.4, 0.5) is 4.79 Å². The van der Waals surface area contributed by atoms with Gasteiger partial charge in [-0.3, -0.25) is 4.90 Å². The molecule has 140 valence electrons. The minimum atomic E-state index is -0.369. The molecule has 1 saturated heterocycles. The molecule has 1 aliphatic heterocycles. The van der Waals surface area contributed by atoms with Crippen molar-refractivity contribution in [1.29, 1.82) is 0 Å². The van der Waals surface area contributed by atoms with Gasteiger partial charge in [0.1, 0.15) is 6.61 Å². The number of ether oxygens (including phenoxy) is 2. The topological polar surface area (TPSA) is 55.8 Å². The van der Waals surface area contributed by atoms with Gasteiger partial charge in [0.05, 0.1) is 24.4 Å². The van der Waals surface area contributed by atoms with Crippen molar-refractivity contribution < 1.29 is 19.1 Å². The van der Waals surface area contributed by atoms with Gasteiger partial charge in [0.2, 0.25) is 0 Å². The maximum atomic E-state index is 12.1. The van der Waals surface area contributed by atoms with Crippen molar-refractivity contribution in [2.45, 2.75) is 19.8 Å². The van der Waals surface area contributed by atoms with E-state index in [2.05, 4.69) is 12.1 Å². The number of rotatable bonds is 7. The van der Waals surface area contributed by atoms with Gasteiger partial charge in [-0.05, 0) is 43.0 Å². The lowest BCUT2D eigenvalue weighted by atomic mass is 10.0. The molecule has 1 fully saturated rings. The van der Waals surface area contributed by atoms with Crippen LogP contribution in [0.1, 0.15) is 34.8 Å². The average molecular weight is 365 g/mol. The molecule has 0 aromatic heterocycles. The van der Waals surface area contributed by atoms with Gasteiger partial charge < -0.3 is 9.47 Å². The first-order valence-corrected chi connectivity index (χ1v) is 9.15. The highest BCUT2D eigenvalue weighted by Crippen LogP contribution is 2.25. The third kappa shape index (κ3) is 4.76. The summed E-state index contributed by atoms with van der Waals surface area (Å²) >= 11 is 0. The summed E-state index contributed by atoms with van der Waals surface area (Å²) < 4.78 is 10.2. The van der Waals surface area contributed by atoms with Gasteiger partial charge in [-0.25, -0.2) is 9.59 Å². The van der Waals surface area contributed by atoms with Crippen LogP contribution in [0.25, 0.3) is 5.70 Å². The molecule has 0 atom stereocenters. The first kappa shape index (κ1) is 18.7. The SMILES string of the molecule is CCOC(=O)c1cccc(/C(=C/CCc2ccccc2)N2CCOC2=O)c1. The fourth-order valence-corrected chi connectivity index (χ4v) is 3.04. The van der Waals surface area contributed by atoms with Crippen LogP contribution in [0.3, 0.4) is 0 Å². The molecule has 27 heavy (non-hydrogen) atoms. The largest absolute Gasteiger partial charge is 0.462 e. The summed E-state index contributed by atoms with van der Waals surface area (Å²) in [5.41, 5.74) is 3.26. The van der Waals surface area contributed by atoms with Gasteiger partial charge in [0.25, 0.3) is 0 Å². The second-order valence-corrected chi connectivity index (χ2v) is 6.18. The van der Waals surface area contributed by atoms with Crippen LogP contribution >= 0.6 is 0 Å². The third-order valence-electron chi connectivity index (χ3n) is 4.33. The zero-order valence-electron chi connectivity index (χ0n) is 15.4. The predicted molar refractivity (Wildman–Crippen MR) is 103 cm³/mol. The van der Waals surface area contributed by atoms with Crippen LogP contribution < -0.4 is 0 Å². The molecule has 0 unspecified atom stereocenters. The van der Waals surface area contributed by atoms with Crippen LogP contribution in [0.5, 0.6) is 0 Å². The van der Waals surface area contributed by atoms with E-state index in [-0.39, 0.29) is 12.1 Å². The third-order valence-corrected chi connectivity index (χ3v) is 4.33. The number of esters is 1. The van der Waals surface area contributed by atoms with Crippen LogP contribution in [0.15, 0.2) is 60.7 Å². The predicted octanol–water partition coefficient (Wildman–Crippen LogP) is 4.29. The Morgan fingerprint density at radius 2 is 1.93 bits per heavy atom. The number of hydrogen-bond donors (Lipinski definition) is 0. The highest BCUT2D eigenvalue weighted by atomic mass is 16.6. The van der Waals surface area contributed by atoms with Crippen molar-refractivity contribution in [2.75, 3.05) is 19.8 Å². The Morgan fingerprint density at radius 3 is 2.63 bits per heavy atom. The van der Waals surface area contributed by atoms with Crippen molar-refractivity contribution in [3.63, 3.8) is 0 Å². The highest BCUT2D eigenvalue weighted by molar-refractivity contribution is 5.91. The van der Waals surface area contributed by atoms with Crippen LogP contribution in [-0.2, 0) is 15.9 Å². The van der Waals surface area contributed by atoms with Crippen molar-refractivity contribution in [3.8, 4) is 0 Å². The van der Waals surface area contributed by atoms with Crippen molar-refractivity contribution in [3.05, 3.63) is 77.4 Å². The van der Waals surface area contributed by atoms with Crippen molar-refractivity contribution >= 4 is 17.8 Å². The van der Waals surface area contributed by atoms with Crippen molar-refractivity contribution in [1.82, 2.24) is 4.90 Å². The first-order valence-electron chi connectivity index (χ1n) is 9.15. The summed E-state index contributed by atoms with van der Waals surface area (Å²) in [6.45, 7) is 2.96. The van der Waals surface area contributed by atoms with Crippen molar-refractivity contribution in [2.24, 2.45) is 0 Å². The van der Waals surface area contributed by atoms with Gasteiger partial charge >= 0.3 is 12.1 Å². The van der Waals surface area contributed by atoms with Crippen LogP contribution in [0.2, 0.25) is 0 Å². The lowest BCUT2D eigenvalue weighted by molar-refractivity contribution is 0.0526. The number of amides is 1. The summed E-state index contributed by atoms with van der Waals surface area (Å²) in [6, 6.07) is 17.4. The first-order chi connectivity index (χ1) is 13.2. The summed E-state index contributed by atoms with van der Waals surface area (Å²) in [5, 5.41) is 0. The minimum Gasteiger partial charge on any atom is -0.462 e. The van der Waals surface area contributed by atoms with E-state index in [0.29, 0.717) is 25.3 Å². The van der Waals surface area contributed by atoms with Crippen LogP contribution in [-0.4, -0.2) is 36.7 Å². The lowest BCUT2D eigenvalue weighted by Gasteiger charge is -2.18. The maximum absolute atomic E-state index is 12.1. The van der Waals surface area contributed by atoms with Gasteiger partial charge in [-0.15, -0.1) is 0 Å². The van der Waals surface area contributed by atoms with E-state index in [1.54, 1.807) is 30.0 Å². The molecule has 3 rings (SSSR count). The number of aryl methyl sites for hydroxylation is 1. The molecule has 5 nitrogen and oxygen atoms in total. The number of carbonyl (C=O) groups excluding carboxylic acids is 2. The van der Waals surface area contributed by atoms with E-state index < -0.39 is 0 Å². The van der Waals surface area contributed by atoms with Crippen LogP contribution in [0, 0.1) is 0 Å². The van der Waals surface area contributed by atoms with Gasteiger partial charge in [0.15, 0.2) is 0 Å². The Balaban J connectivity index is 1.86. The summed E-state index contributed by atoms with van der Waals surface area (Å²) in [6.07, 6.45) is 3.31. The quantitative estimate of drug-likeness (QED) is 0.687. The number of benzene rings is 2. The van der Waals surface area contributed by atoms with E-state index in [0.717, 1.165) is 24.1 Å². The summed E-state index contributed by atoms with van der Waals surface area (Å²) in [5.74, 6) is -0.369. The second-order valence-electron chi connectivity index (χ2n) is 6.18. The number of hydrogen-bond acceptors (Lipinski definition) is 4. The summed E-state index contributed by atoms with van der Waals surface area (Å²) in [7, 11) is 0. The molecule has 1 aliphatic rings. The number of carbonyl (C=O) groups is 2. The Hall–Kier alpha value is -3.08. The molecule has 0 N–H and O–H groups in total. The zero-order valence-corrected chi connectivity index (χ0v) is 15.4. The minimum absolute atomic E-state index is 0.321. The lowest BCUT2D eigenvalue weighted by Crippen LogP contribution is -2.23. The van der Waals surface area contributed by atoms with Gasteiger partial charge in [0, 0.05) is 0 Å². The number of nitrogens with zero attached hydrogens (tertiary/aromatic N) is 1. The Morgan fingerprint density at radius 1 is 1.15 bits per heavy atom. The van der Waals surface area contributed by atoms with E-state index in [4.69, 9.17) is 9.47 Å². The highest BCUT2D eigenvalue weighted by Gasteiger charge is 2.26. The molecular formula is C22H23NO4. The number of allylic oxidation sites excluding steroid dienone is 1. The average Bonchev–Trinajstić information content (AvgIpc) is 3.12. The van der Waals surface area contributed by atoms with Gasteiger partial charge in [-0.2, -0.15) is 0 Å². The maximum Gasteiger partial charge on any atom is 0.414 e. The molecule has 0 aliphatic carbocycles. The second kappa shape index (κ2) is 9.03. The molecule has 0 saturated carbocycles. The fraction of sp³-hybridized carbons (Fsp3) is 0.273. The molecule has 0 bridgehead atoms. The Bertz CT molecular complexity index is 829. The van der Waals surface area contributed by atoms with E-state index in [1.807, 2.05) is 30.3 Å². The molecule has 1 amide bonds. The van der Waals surface area contributed by atoms with Gasteiger partial charge in [-0.1, -0.05) is 48.5 Å². The number of cyclic esters (lactones) is 1. The standard InChI is InChI=1S/C22H23NO4/c1-2-26-21(24)19-12-7-11-18(16-19)20(23-14-15-27-22(23)25)13-6-10-17-8-4-3-5-9-17/h3-5,7-9,11-13,16H,2,6,10,14-15H2,1H3/b20-13-.